The number of amides is 1. The molecule has 0 aromatic heterocycles. The number of hydrogen-bond donors (Lipinski definition) is 0. The number of carbonyl (C=O) groups excluding carboxylic acids is 1. The third kappa shape index (κ3) is 4.70. The monoisotopic (exact) mass is 394 g/mol. The summed E-state index contributed by atoms with van der Waals surface area (Å²) in [6.07, 6.45) is 1.72. The fourth-order valence-corrected chi connectivity index (χ4v) is 3.87. The zero-order valence-electron chi connectivity index (χ0n) is 14.8. The van der Waals surface area contributed by atoms with E-state index in [-0.39, 0.29) is 29.2 Å². The number of benzene rings is 2. The van der Waals surface area contributed by atoms with Crippen molar-refractivity contribution in [3.05, 3.63) is 65.7 Å². The summed E-state index contributed by atoms with van der Waals surface area (Å²) < 4.78 is 52.2. The Morgan fingerprint density at radius 3 is 2.04 bits per heavy atom. The van der Waals surface area contributed by atoms with Crippen LogP contribution in [0.3, 0.4) is 0 Å². The molecule has 2 aromatic carbocycles. The second kappa shape index (κ2) is 7.74. The van der Waals surface area contributed by atoms with E-state index in [1.807, 2.05) is 0 Å². The highest BCUT2D eigenvalue weighted by Gasteiger charge is 2.34. The van der Waals surface area contributed by atoms with Crippen molar-refractivity contribution in [1.29, 1.82) is 0 Å². The van der Waals surface area contributed by atoms with Gasteiger partial charge in [0.1, 0.15) is 11.6 Å². The Kier molecular flexibility index (Phi) is 5.57. The first-order chi connectivity index (χ1) is 12.8. The molecule has 0 N–H and O–H groups in total. The van der Waals surface area contributed by atoms with Crippen molar-refractivity contribution in [2.75, 3.05) is 13.6 Å². The first kappa shape index (κ1) is 19.4. The molecule has 1 aliphatic carbocycles. The van der Waals surface area contributed by atoms with Crippen molar-refractivity contribution in [2.24, 2.45) is 0 Å². The van der Waals surface area contributed by atoms with Gasteiger partial charge < -0.3 is 4.90 Å². The fourth-order valence-electron chi connectivity index (χ4n) is 2.75. The summed E-state index contributed by atoms with van der Waals surface area (Å²) in [6, 6.07) is 10.4. The van der Waals surface area contributed by atoms with Crippen LogP contribution in [0.5, 0.6) is 0 Å². The quantitative estimate of drug-likeness (QED) is 0.726. The number of sulfonamides is 1. The highest BCUT2D eigenvalue weighted by molar-refractivity contribution is 7.89. The van der Waals surface area contributed by atoms with Crippen molar-refractivity contribution < 1.29 is 22.0 Å². The molecule has 5 nitrogen and oxygen atoms in total. The van der Waals surface area contributed by atoms with Gasteiger partial charge in [0.15, 0.2) is 0 Å². The number of rotatable bonds is 7. The van der Waals surface area contributed by atoms with Crippen molar-refractivity contribution in [3.8, 4) is 0 Å². The molecule has 0 bridgehead atoms. The van der Waals surface area contributed by atoms with Crippen LogP contribution in [0, 0.1) is 11.6 Å². The average Bonchev–Trinajstić information content (AvgIpc) is 3.46. The van der Waals surface area contributed by atoms with Crippen LogP contribution in [0.15, 0.2) is 53.4 Å². The van der Waals surface area contributed by atoms with Crippen LogP contribution in [0.1, 0.15) is 18.4 Å². The molecule has 0 spiro atoms. The van der Waals surface area contributed by atoms with Crippen molar-refractivity contribution in [1.82, 2.24) is 9.21 Å². The molecule has 8 heteroatoms. The van der Waals surface area contributed by atoms with Gasteiger partial charge in [0, 0.05) is 19.6 Å². The Labute approximate surface area is 157 Å². The lowest BCUT2D eigenvalue weighted by atomic mass is 10.2. The van der Waals surface area contributed by atoms with Crippen LogP contribution >= 0.6 is 0 Å². The molecule has 0 aliphatic heterocycles. The molecule has 1 amide bonds. The van der Waals surface area contributed by atoms with Gasteiger partial charge in [-0.1, -0.05) is 12.1 Å². The van der Waals surface area contributed by atoms with E-state index in [1.165, 1.54) is 31.3 Å². The van der Waals surface area contributed by atoms with E-state index < -0.39 is 15.8 Å². The van der Waals surface area contributed by atoms with Crippen molar-refractivity contribution >= 4 is 15.9 Å². The summed E-state index contributed by atoms with van der Waals surface area (Å²) in [6.45, 7) is -0.0222. The molecule has 3 rings (SSSR count). The second-order valence-corrected chi connectivity index (χ2v) is 8.64. The van der Waals surface area contributed by atoms with Crippen LogP contribution in [0.25, 0.3) is 0 Å². The summed E-state index contributed by atoms with van der Waals surface area (Å²) >= 11 is 0. The molecule has 0 radical (unpaired) electrons. The SMILES string of the molecule is CN(CC(=O)N(Cc1ccc(F)cc1)C1CC1)S(=O)(=O)c1ccc(F)cc1. The molecule has 2 aromatic rings. The van der Waals surface area contributed by atoms with Crippen molar-refractivity contribution in [3.63, 3.8) is 0 Å². The number of likely N-dealkylation sites (N-methyl/N-ethyl adjacent to an activating group) is 1. The van der Waals surface area contributed by atoms with Crippen LogP contribution in [-0.2, 0) is 21.4 Å². The topological polar surface area (TPSA) is 57.7 Å². The minimum atomic E-state index is -3.90. The first-order valence-corrected chi connectivity index (χ1v) is 9.97. The highest BCUT2D eigenvalue weighted by Crippen LogP contribution is 2.29. The summed E-state index contributed by atoms with van der Waals surface area (Å²) in [5.41, 5.74) is 0.778. The lowest BCUT2D eigenvalue weighted by Crippen LogP contribution is -2.41. The predicted molar refractivity (Wildman–Crippen MR) is 96.2 cm³/mol. The average molecular weight is 394 g/mol. The van der Waals surface area contributed by atoms with E-state index in [0.29, 0.717) is 6.54 Å². The molecule has 1 saturated carbocycles. The minimum absolute atomic E-state index is 0.0734. The Balaban J connectivity index is 1.71. The van der Waals surface area contributed by atoms with Gasteiger partial charge in [-0.2, -0.15) is 4.31 Å². The lowest BCUT2D eigenvalue weighted by Gasteiger charge is -2.25. The van der Waals surface area contributed by atoms with Gasteiger partial charge in [-0.15, -0.1) is 0 Å². The maximum atomic E-state index is 13.1. The molecule has 27 heavy (non-hydrogen) atoms. The molecular formula is C19H20F2N2O3S. The Hall–Kier alpha value is -2.32. The van der Waals surface area contributed by atoms with Gasteiger partial charge in [0.05, 0.1) is 11.4 Å². The zero-order valence-corrected chi connectivity index (χ0v) is 15.6. The molecule has 0 saturated heterocycles. The smallest absolute Gasteiger partial charge is 0.243 e. The summed E-state index contributed by atoms with van der Waals surface area (Å²) in [5, 5.41) is 0. The Morgan fingerprint density at radius 2 is 1.52 bits per heavy atom. The van der Waals surface area contributed by atoms with Crippen molar-refractivity contribution in [2.45, 2.75) is 30.3 Å². The number of nitrogens with zero attached hydrogens (tertiary/aromatic N) is 2. The molecule has 0 atom stereocenters. The highest BCUT2D eigenvalue weighted by atomic mass is 32.2. The van der Waals surface area contributed by atoms with Gasteiger partial charge in [-0.25, -0.2) is 17.2 Å². The van der Waals surface area contributed by atoms with Gasteiger partial charge >= 0.3 is 0 Å². The minimum Gasteiger partial charge on any atom is -0.334 e. The Morgan fingerprint density at radius 1 is 1.00 bits per heavy atom. The van der Waals surface area contributed by atoms with Crippen LogP contribution in [0.2, 0.25) is 0 Å². The standard InChI is InChI=1S/C19H20F2N2O3S/c1-22(27(25,26)18-10-6-16(21)7-11-18)13-19(24)23(17-8-9-17)12-14-2-4-15(20)5-3-14/h2-7,10-11,17H,8-9,12-13H2,1H3. The van der Waals surface area contributed by atoms with E-state index in [1.54, 1.807) is 17.0 Å². The normalized spacial score (nSPS) is 14.4. The predicted octanol–water partition coefficient (Wildman–Crippen LogP) is 2.78. The van der Waals surface area contributed by atoms with E-state index in [4.69, 9.17) is 0 Å². The molecule has 144 valence electrons. The van der Waals surface area contributed by atoms with Gasteiger partial charge in [0.2, 0.25) is 15.9 Å². The largest absolute Gasteiger partial charge is 0.334 e. The van der Waals surface area contributed by atoms with Gasteiger partial charge in [-0.3, -0.25) is 4.79 Å². The van der Waals surface area contributed by atoms with E-state index >= 15 is 0 Å². The maximum absolute atomic E-state index is 13.1. The second-order valence-electron chi connectivity index (χ2n) is 6.59. The molecule has 0 heterocycles. The maximum Gasteiger partial charge on any atom is 0.243 e. The summed E-state index contributed by atoms with van der Waals surface area (Å²) in [4.78, 5) is 14.3. The van der Waals surface area contributed by atoms with E-state index in [0.717, 1.165) is 34.8 Å². The van der Waals surface area contributed by atoms with E-state index in [9.17, 15) is 22.0 Å². The summed E-state index contributed by atoms with van der Waals surface area (Å²) in [5.74, 6) is -1.21. The van der Waals surface area contributed by atoms with Gasteiger partial charge in [0.25, 0.3) is 0 Å². The molecule has 0 unspecified atom stereocenters. The number of carbonyl (C=O) groups is 1. The Bertz CT molecular complexity index is 911. The summed E-state index contributed by atoms with van der Waals surface area (Å²) in [7, 11) is -2.58. The van der Waals surface area contributed by atoms with Crippen LogP contribution in [-0.4, -0.2) is 43.2 Å². The van der Waals surface area contributed by atoms with Gasteiger partial charge in [-0.05, 0) is 54.8 Å². The molecule has 1 fully saturated rings. The fraction of sp³-hybridized carbons (Fsp3) is 0.316. The molecular weight excluding hydrogens is 374 g/mol. The molecule has 1 aliphatic rings. The van der Waals surface area contributed by atoms with Crippen LogP contribution in [0.4, 0.5) is 8.78 Å². The van der Waals surface area contributed by atoms with Crippen LogP contribution < -0.4 is 0 Å². The third-order valence-electron chi connectivity index (χ3n) is 4.45. The number of hydrogen-bond acceptors (Lipinski definition) is 3. The number of halogens is 2. The van der Waals surface area contributed by atoms with E-state index in [2.05, 4.69) is 0 Å². The lowest BCUT2D eigenvalue weighted by molar-refractivity contribution is -0.132. The zero-order chi connectivity index (χ0) is 19.6. The first-order valence-electron chi connectivity index (χ1n) is 8.53. The third-order valence-corrected chi connectivity index (χ3v) is 6.27.